The highest BCUT2D eigenvalue weighted by atomic mass is 32.2. The van der Waals surface area contributed by atoms with Crippen LogP contribution in [0.15, 0.2) is 60.7 Å². The van der Waals surface area contributed by atoms with Gasteiger partial charge in [0.05, 0.1) is 11.4 Å². The van der Waals surface area contributed by atoms with E-state index in [1.165, 1.54) is 0 Å². The summed E-state index contributed by atoms with van der Waals surface area (Å²) in [7, 11) is 0. The van der Waals surface area contributed by atoms with E-state index in [-0.39, 0.29) is 11.3 Å². The van der Waals surface area contributed by atoms with Crippen LogP contribution in [0, 0.1) is 0 Å². The van der Waals surface area contributed by atoms with E-state index >= 15 is 0 Å². The quantitative estimate of drug-likeness (QED) is 0.929. The van der Waals surface area contributed by atoms with Crippen LogP contribution in [0.2, 0.25) is 0 Å². The smallest absolute Gasteiger partial charge is 0.252 e. The molecule has 96 valence electrons. The van der Waals surface area contributed by atoms with Gasteiger partial charge in [-0.25, -0.2) is 5.01 Å². The van der Waals surface area contributed by atoms with E-state index in [0.29, 0.717) is 5.75 Å². The Balaban J connectivity index is 1.83. The van der Waals surface area contributed by atoms with Gasteiger partial charge in [-0.1, -0.05) is 48.5 Å². The topological polar surface area (TPSA) is 32.3 Å². The van der Waals surface area contributed by atoms with Gasteiger partial charge in [0, 0.05) is 0 Å². The number of thioether (sulfide) groups is 1. The summed E-state index contributed by atoms with van der Waals surface area (Å²) in [6, 6.07) is 19.9. The molecule has 0 aliphatic carbocycles. The Labute approximate surface area is 116 Å². The maximum atomic E-state index is 12.0. The number of nitrogens with one attached hydrogen (secondary N) is 1. The van der Waals surface area contributed by atoms with Crippen LogP contribution in [-0.2, 0) is 4.79 Å². The third-order valence-electron chi connectivity index (χ3n) is 2.98. The second kappa shape index (κ2) is 5.36. The number of anilines is 1. The van der Waals surface area contributed by atoms with Crippen LogP contribution >= 0.6 is 11.8 Å². The first-order valence-corrected chi connectivity index (χ1v) is 7.20. The lowest BCUT2D eigenvalue weighted by molar-refractivity contribution is -0.126. The molecule has 0 aromatic heterocycles. The van der Waals surface area contributed by atoms with Gasteiger partial charge < -0.3 is 0 Å². The van der Waals surface area contributed by atoms with Crippen molar-refractivity contribution >= 4 is 23.4 Å². The summed E-state index contributed by atoms with van der Waals surface area (Å²) in [5.74, 6) is 0.627. The molecule has 1 fully saturated rings. The van der Waals surface area contributed by atoms with Gasteiger partial charge >= 0.3 is 0 Å². The summed E-state index contributed by atoms with van der Waals surface area (Å²) < 4.78 is 0. The monoisotopic (exact) mass is 270 g/mol. The van der Waals surface area contributed by atoms with Crippen LogP contribution in [0.3, 0.4) is 0 Å². The molecule has 1 aliphatic heterocycles. The zero-order valence-electron chi connectivity index (χ0n) is 10.3. The predicted molar refractivity (Wildman–Crippen MR) is 78.6 cm³/mol. The van der Waals surface area contributed by atoms with E-state index in [9.17, 15) is 4.79 Å². The normalized spacial score (nSPS) is 18.6. The van der Waals surface area contributed by atoms with Crippen molar-refractivity contribution in [3.8, 4) is 0 Å². The number of nitrogens with zero attached hydrogens (tertiary/aromatic N) is 1. The number of hydrazine groups is 1. The predicted octanol–water partition coefficient (Wildman–Crippen LogP) is 3.29. The largest absolute Gasteiger partial charge is 0.295 e. The molecule has 4 heteroatoms. The molecule has 0 saturated carbocycles. The molecular weight excluding hydrogens is 256 g/mol. The molecule has 3 rings (SSSR count). The van der Waals surface area contributed by atoms with Crippen molar-refractivity contribution in [3.05, 3.63) is 66.2 Å². The second-order valence-corrected chi connectivity index (χ2v) is 5.38. The van der Waals surface area contributed by atoms with Crippen molar-refractivity contribution in [1.82, 2.24) is 5.01 Å². The maximum absolute atomic E-state index is 12.0. The van der Waals surface area contributed by atoms with E-state index in [1.54, 1.807) is 16.8 Å². The minimum atomic E-state index is 0.0360. The van der Waals surface area contributed by atoms with Crippen LogP contribution in [0.5, 0.6) is 0 Å². The minimum absolute atomic E-state index is 0.0360. The molecule has 0 unspecified atom stereocenters. The lowest BCUT2D eigenvalue weighted by Crippen LogP contribution is -2.33. The number of hydrogen-bond acceptors (Lipinski definition) is 3. The average Bonchev–Trinajstić information content (AvgIpc) is 2.82. The fourth-order valence-electron chi connectivity index (χ4n) is 2.06. The molecule has 2 aromatic rings. The van der Waals surface area contributed by atoms with Gasteiger partial charge in [0.2, 0.25) is 0 Å². The molecule has 1 heterocycles. The molecule has 0 bridgehead atoms. The van der Waals surface area contributed by atoms with Crippen LogP contribution in [0.1, 0.15) is 10.9 Å². The van der Waals surface area contributed by atoms with Crippen molar-refractivity contribution < 1.29 is 4.79 Å². The van der Waals surface area contributed by atoms with Gasteiger partial charge in [0.25, 0.3) is 5.91 Å². The van der Waals surface area contributed by atoms with Crippen molar-refractivity contribution in [3.63, 3.8) is 0 Å². The third kappa shape index (κ3) is 2.58. The maximum Gasteiger partial charge on any atom is 0.252 e. The zero-order valence-corrected chi connectivity index (χ0v) is 11.1. The molecule has 3 nitrogen and oxygen atoms in total. The zero-order chi connectivity index (χ0) is 13.1. The number of rotatable bonds is 3. The molecule has 1 saturated heterocycles. The van der Waals surface area contributed by atoms with E-state index in [4.69, 9.17) is 0 Å². The Kier molecular flexibility index (Phi) is 3.42. The molecule has 0 radical (unpaired) electrons. The van der Waals surface area contributed by atoms with Crippen molar-refractivity contribution in [2.24, 2.45) is 0 Å². The first-order valence-electron chi connectivity index (χ1n) is 6.15. The number of carbonyl (C=O) groups excluding carboxylic acids is 1. The highest BCUT2D eigenvalue weighted by Crippen LogP contribution is 2.38. The fraction of sp³-hybridized carbons (Fsp3) is 0.133. The molecule has 1 amide bonds. The summed E-state index contributed by atoms with van der Waals surface area (Å²) in [4.78, 5) is 12.0. The van der Waals surface area contributed by atoms with E-state index < -0.39 is 0 Å². The van der Waals surface area contributed by atoms with Gasteiger partial charge in [-0.05, 0) is 17.7 Å². The Morgan fingerprint density at radius 1 is 1.00 bits per heavy atom. The lowest BCUT2D eigenvalue weighted by Gasteiger charge is -2.25. The highest BCUT2D eigenvalue weighted by Gasteiger charge is 2.33. The first kappa shape index (κ1) is 12.1. The van der Waals surface area contributed by atoms with E-state index in [2.05, 4.69) is 17.6 Å². The minimum Gasteiger partial charge on any atom is -0.295 e. The van der Waals surface area contributed by atoms with E-state index in [0.717, 1.165) is 11.3 Å². The van der Waals surface area contributed by atoms with Gasteiger partial charge in [-0.2, -0.15) is 0 Å². The van der Waals surface area contributed by atoms with Crippen molar-refractivity contribution in [2.75, 3.05) is 11.2 Å². The standard InChI is InChI=1S/C15H14N2OS/c18-14-11-19-15(12-7-3-1-4-8-12)17(14)16-13-9-5-2-6-10-13/h1-10,15-16H,11H2/t15-/m0/s1. The highest BCUT2D eigenvalue weighted by molar-refractivity contribution is 8.00. The van der Waals surface area contributed by atoms with Crippen LogP contribution in [-0.4, -0.2) is 16.7 Å². The Morgan fingerprint density at radius 3 is 2.32 bits per heavy atom. The molecule has 0 spiro atoms. The molecule has 2 aromatic carbocycles. The number of amides is 1. The Hall–Kier alpha value is -1.94. The van der Waals surface area contributed by atoms with Gasteiger partial charge in [0.1, 0.15) is 5.37 Å². The molecule has 1 aliphatic rings. The first-order chi connectivity index (χ1) is 9.34. The second-order valence-electron chi connectivity index (χ2n) is 4.32. The van der Waals surface area contributed by atoms with E-state index in [1.807, 2.05) is 48.5 Å². The van der Waals surface area contributed by atoms with Crippen molar-refractivity contribution in [1.29, 1.82) is 0 Å². The SMILES string of the molecule is O=C1CS[C@@H](c2ccccc2)N1Nc1ccccc1. The molecule has 19 heavy (non-hydrogen) atoms. The summed E-state index contributed by atoms with van der Waals surface area (Å²) in [6.45, 7) is 0. The Morgan fingerprint density at radius 2 is 1.63 bits per heavy atom. The number of hydrogen-bond donors (Lipinski definition) is 1. The van der Waals surface area contributed by atoms with Crippen LogP contribution in [0.4, 0.5) is 5.69 Å². The summed E-state index contributed by atoms with van der Waals surface area (Å²) >= 11 is 1.64. The molecular formula is C15H14N2OS. The molecule has 1 N–H and O–H groups in total. The van der Waals surface area contributed by atoms with Gasteiger partial charge in [-0.15, -0.1) is 11.8 Å². The summed E-state index contributed by atoms with van der Waals surface area (Å²) in [5, 5.41) is 1.75. The fourth-order valence-corrected chi connectivity index (χ4v) is 3.17. The van der Waals surface area contributed by atoms with Gasteiger partial charge in [0.15, 0.2) is 0 Å². The average molecular weight is 270 g/mol. The third-order valence-corrected chi connectivity index (χ3v) is 4.19. The number of benzene rings is 2. The van der Waals surface area contributed by atoms with Gasteiger partial charge in [-0.3, -0.25) is 10.2 Å². The number of para-hydroxylation sites is 1. The number of carbonyl (C=O) groups is 1. The Bertz CT molecular complexity index is 559. The van der Waals surface area contributed by atoms with Crippen molar-refractivity contribution in [2.45, 2.75) is 5.37 Å². The van der Waals surface area contributed by atoms with Crippen LogP contribution in [0.25, 0.3) is 0 Å². The summed E-state index contributed by atoms with van der Waals surface area (Å²) in [6.07, 6.45) is 0. The summed E-state index contributed by atoms with van der Waals surface area (Å²) in [5.41, 5.74) is 5.27. The molecule has 1 atom stereocenters. The van der Waals surface area contributed by atoms with Crippen LogP contribution < -0.4 is 5.43 Å². The lowest BCUT2D eigenvalue weighted by atomic mass is 10.2.